The van der Waals surface area contributed by atoms with Crippen LogP contribution in [0.3, 0.4) is 0 Å². The van der Waals surface area contributed by atoms with E-state index in [1.54, 1.807) is 35.0 Å². The Morgan fingerprint density at radius 3 is 2.11 bits per heavy atom. The number of fused-ring (bicyclic) bond motifs is 4. The van der Waals surface area contributed by atoms with Crippen LogP contribution < -0.4 is 11.5 Å². The van der Waals surface area contributed by atoms with Crippen LogP contribution in [0.25, 0.3) is 22.0 Å². The molecule has 8 heteroatoms. The smallest absolute Gasteiger partial charge is 0.338 e. The van der Waals surface area contributed by atoms with Crippen molar-refractivity contribution in [3.63, 3.8) is 0 Å². The number of aliphatic carboxylic acids is 1. The van der Waals surface area contributed by atoms with Crippen molar-refractivity contribution in [1.82, 2.24) is 4.57 Å². The zero-order valence-electron chi connectivity index (χ0n) is 19.4. The summed E-state index contributed by atoms with van der Waals surface area (Å²) in [5, 5.41) is 10.7. The highest BCUT2D eigenvalue weighted by Gasteiger charge is 2.45. The molecule has 1 heterocycles. The molecule has 0 spiro atoms. The highest BCUT2D eigenvalue weighted by atomic mass is 16.5. The minimum Gasteiger partial charge on any atom is -0.479 e. The molecule has 0 saturated carbocycles. The van der Waals surface area contributed by atoms with Crippen LogP contribution in [-0.2, 0) is 32.1 Å². The van der Waals surface area contributed by atoms with E-state index in [-0.39, 0.29) is 25.5 Å². The predicted molar refractivity (Wildman–Crippen MR) is 134 cm³/mol. The molecule has 5 N–H and O–H groups in total. The number of nitrogens with two attached hydrogens (primary N) is 2. The van der Waals surface area contributed by atoms with Gasteiger partial charge in [0.15, 0.2) is 0 Å². The van der Waals surface area contributed by atoms with Gasteiger partial charge in [0, 0.05) is 29.4 Å². The van der Waals surface area contributed by atoms with Crippen molar-refractivity contribution < 1.29 is 24.2 Å². The fraction of sp³-hybridized carbons (Fsp3) is 0.179. The van der Waals surface area contributed by atoms with E-state index in [1.165, 1.54) is 0 Å². The lowest BCUT2D eigenvalue weighted by Crippen LogP contribution is -2.57. The average molecular weight is 484 g/mol. The van der Waals surface area contributed by atoms with E-state index in [1.807, 2.05) is 48.5 Å². The molecule has 0 aliphatic heterocycles. The van der Waals surface area contributed by atoms with Gasteiger partial charge in [0.05, 0.1) is 0 Å². The molecule has 0 unspecified atom stereocenters. The maximum Gasteiger partial charge on any atom is 0.338 e. The number of amides is 1. The molecule has 4 aromatic rings. The van der Waals surface area contributed by atoms with Gasteiger partial charge in [-0.1, -0.05) is 66.7 Å². The Morgan fingerprint density at radius 2 is 1.50 bits per heavy atom. The molecule has 5 rings (SSSR count). The standard InChI is InChI=1S/C28H25N3O5/c29-25(32)15-31-14-17(18-7-5-6-12-24(18)31)13-28(30,26(33)34)27(35)36-16-23-21-10-3-1-8-19(21)20-9-2-4-11-22(20)23/h1-12,14,23H,13,15-16,30H2,(H2,29,32)(H,33,34)/t28-/m0/s1. The summed E-state index contributed by atoms with van der Waals surface area (Å²) in [7, 11) is 0. The first-order valence-electron chi connectivity index (χ1n) is 11.5. The molecule has 36 heavy (non-hydrogen) atoms. The minimum absolute atomic E-state index is 0.0392. The number of rotatable bonds is 8. The van der Waals surface area contributed by atoms with E-state index >= 15 is 0 Å². The first-order valence-corrected chi connectivity index (χ1v) is 11.5. The van der Waals surface area contributed by atoms with Gasteiger partial charge in [-0.25, -0.2) is 9.59 Å². The fourth-order valence-corrected chi connectivity index (χ4v) is 5.03. The van der Waals surface area contributed by atoms with Crippen molar-refractivity contribution in [2.24, 2.45) is 11.5 Å². The molecule has 1 aliphatic rings. The molecule has 1 aromatic heterocycles. The van der Waals surface area contributed by atoms with Gasteiger partial charge in [-0.05, 0) is 33.9 Å². The zero-order chi connectivity index (χ0) is 25.4. The number of aromatic nitrogens is 1. The molecule has 8 nitrogen and oxygen atoms in total. The summed E-state index contributed by atoms with van der Waals surface area (Å²) in [5.74, 6) is -3.29. The van der Waals surface area contributed by atoms with Crippen LogP contribution in [-0.4, -0.2) is 39.7 Å². The monoisotopic (exact) mass is 483 g/mol. The SMILES string of the molecule is NC(=O)Cn1cc(C[C@](N)(C(=O)O)C(=O)OCC2c3ccccc3-c3ccccc32)c2ccccc21. The van der Waals surface area contributed by atoms with E-state index in [2.05, 4.69) is 0 Å². The van der Waals surface area contributed by atoms with Gasteiger partial charge in [0.25, 0.3) is 0 Å². The molecule has 0 fully saturated rings. The lowest BCUT2D eigenvalue weighted by Gasteiger charge is -2.24. The number of hydrogen-bond acceptors (Lipinski definition) is 5. The topological polar surface area (TPSA) is 138 Å². The largest absolute Gasteiger partial charge is 0.479 e. The summed E-state index contributed by atoms with van der Waals surface area (Å²) in [6, 6.07) is 22.9. The molecular weight excluding hydrogens is 458 g/mol. The number of carbonyl (C=O) groups excluding carboxylic acids is 2. The van der Waals surface area contributed by atoms with Gasteiger partial charge >= 0.3 is 11.9 Å². The van der Waals surface area contributed by atoms with Gasteiger partial charge in [0.1, 0.15) is 13.2 Å². The summed E-state index contributed by atoms with van der Waals surface area (Å²) in [6.07, 6.45) is 1.29. The minimum atomic E-state index is -2.32. The molecule has 0 radical (unpaired) electrons. The summed E-state index contributed by atoms with van der Waals surface area (Å²) in [5.41, 5.74) is 14.6. The number of esters is 1. The third kappa shape index (κ3) is 3.91. The second-order valence-corrected chi connectivity index (χ2v) is 9.04. The van der Waals surface area contributed by atoms with Crippen molar-refractivity contribution in [3.8, 4) is 11.1 Å². The Balaban J connectivity index is 1.42. The van der Waals surface area contributed by atoms with E-state index in [9.17, 15) is 19.5 Å². The van der Waals surface area contributed by atoms with Crippen LogP contribution in [0.2, 0.25) is 0 Å². The molecule has 3 aromatic carbocycles. The van der Waals surface area contributed by atoms with Crippen LogP contribution in [0.1, 0.15) is 22.6 Å². The van der Waals surface area contributed by atoms with Crippen molar-refractivity contribution in [1.29, 1.82) is 0 Å². The maximum atomic E-state index is 13.2. The van der Waals surface area contributed by atoms with Crippen LogP contribution in [0, 0.1) is 0 Å². The lowest BCUT2D eigenvalue weighted by atomic mass is 9.91. The number of para-hydroxylation sites is 1. The normalized spacial score (nSPS) is 14.1. The van der Waals surface area contributed by atoms with Gasteiger partial charge < -0.3 is 25.9 Å². The second-order valence-electron chi connectivity index (χ2n) is 9.04. The first-order chi connectivity index (χ1) is 17.3. The number of carbonyl (C=O) groups is 3. The summed E-state index contributed by atoms with van der Waals surface area (Å²) < 4.78 is 7.21. The Morgan fingerprint density at radius 1 is 0.917 bits per heavy atom. The van der Waals surface area contributed by atoms with Crippen LogP contribution in [0.5, 0.6) is 0 Å². The summed E-state index contributed by atoms with van der Waals surface area (Å²) in [4.78, 5) is 37.0. The van der Waals surface area contributed by atoms with Gasteiger partial charge in [-0.3, -0.25) is 4.79 Å². The number of benzene rings is 3. The molecular formula is C28H25N3O5. The summed E-state index contributed by atoms with van der Waals surface area (Å²) >= 11 is 0. The fourth-order valence-electron chi connectivity index (χ4n) is 5.03. The van der Waals surface area contributed by atoms with Crippen LogP contribution in [0.15, 0.2) is 79.0 Å². The third-order valence-corrected chi connectivity index (χ3v) is 6.76. The molecule has 182 valence electrons. The van der Waals surface area contributed by atoms with Gasteiger partial charge in [-0.15, -0.1) is 0 Å². The molecule has 1 amide bonds. The molecule has 1 atom stereocenters. The number of ether oxygens (including phenoxy) is 1. The van der Waals surface area contributed by atoms with Crippen molar-refractivity contribution in [2.45, 2.75) is 24.4 Å². The third-order valence-electron chi connectivity index (χ3n) is 6.76. The summed E-state index contributed by atoms with van der Waals surface area (Å²) in [6.45, 7) is -0.126. The Bertz CT molecular complexity index is 1460. The van der Waals surface area contributed by atoms with E-state index in [0.717, 1.165) is 22.3 Å². The molecule has 1 aliphatic carbocycles. The second kappa shape index (κ2) is 8.98. The highest BCUT2D eigenvalue weighted by molar-refractivity contribution is 6.04. The zero-order valence-corrected chi connectivity index (χ0v) is 19.4. The average Bonchev–Trinajstić information content (AvgIpc) is 3.37. The maximum absolute atomic E-state index is 13.2. The molecule has 0 saturated heterocycles. The van der Waals surface area contributed by atoms with Crippen LogP contribution >= 0.6 is 0 Å². The number of nitrogens with zero attached hydrogens (tertiary/aromatic N) is 1. The Hall–Kier alpha value is -4.43. The Labute approximate surface area is 207 Å². The van der Waals surface area contributed by atoms with Crippen molar-refractivity contribution >= 4 is 28.7 Å². The van der Waals surface area contributed by atoms with E-state index < -0.39 is 23.4 Å². The van der Waals surface area contributed by atoms with Gasteiger partial charge in [-0.2, -0.15) is 0 Å². The quantitative estimate of drug-likeness (QED) is 0.260. The van der Waals surface area contributed by atoms with Crippen molar-refractivity contribution in [3.05, 3.63) is 95.7 Å². The van der Waals surface area contributed by atoms with Crippen LogP contribution in [0.4, 0.5) is 0 Å². The first kappa shape index (κ1) is 23.3. The van der Waals surface area contributed by atoms with Crippen molar-refractivity contribution in [2.75, 3.05) is 6.61 Å². The Kier molecular flexibility index (Phi) is 5.81. The van der Waals surface area contributed by atoms with E-state index in [0.29, 0.717) is 16.5 Å². The number of hydrogen-bond donors (Lipinski definition) is 3. The number of carboxylic acid groups (broad SMARTS) is 1. The predicted octanol–water partition coefficient (Wildman–Crippen LogP) is 2.81. The number of primary amides is 1. The van der Waals surface area contributed by atoms with Gasteiger partial charge in [0.2, 0.25) is 11.4 Å². The number of carboxylic acids is 1. The molecule has 0 bridgehead atoms. The highest BCUT2D eigenvalue weighted by Crippen LogP contribution is 2.44. The lowest BCUT2D eigenvalue weighted by molar-refractivity contribution is -0.161. The van der Waals surface area contributed by atoms with E-state index in [4.69, 9.17) is 16.2 Å².